The van der Waals surface area contributed by atoms with Gasteiger partial charge < -0.3 is 14.2 Å². The first-order chi connectivity index (χ1) is 15.1. The predicted molar refractivity (Wildman–Crippen MR) is 118 cm³/mol. The predicted octanol–water partition coefficient (Wildman–Crippen LogP) is 3.53. The van der Waals surface area contributed by atoms with Crippen LogP contribution in [0.3, 0.4) is 0 Å². The van der Waals surface area contributed by atoms with E-state index in [-0.39, 0.29) is 17.6 Å². The molecule has 2 aromatic heterocycles. The first-order valence-electron chi connectivity index (χ1n) is 11.2. The average molecular weight is 421 g/mol. The minimum atomic E-state index is -0.223. The van der Waals surface area contributed by atoms with E-state index in [0.29, 0.717) is 24.8 Å². The lowest BCUT2D eigenvalue weighted by atomic mass is 10.1. The topological polar surface area (TPSA) is 69.4 Å². The number of carbonyl (C=O) groups is 1. The van der Waals surface area contributed by atoms with Gasteiger partial charge in [-0.1, -0.05) is 18.9 Å². The standard InChI is InChI=1S/C24H28N4O3/c1-26-23(29)10-9-20(25-26)24(30)27-14-11-18(12-15-27)31-22-8-4-7-21-19(22)13-16-28(21)17-5-2-3-6-17/h4,7-10,13,16-18H,2-3,5-6,11-12,14-15H2,1H3. The van der Waals surface area contributed by atoms with Gasteiger partial charge in [0.25, 0.3) is 11.5 Å². The normalized spacial score (nSPS) is 18.0. The van der Waals surface area contributed by atoms with Gasteiger partial charge >= 0.3 is 0 Å². The lowest BCUT2D eigenvalue weighted by Crippen LogP contribution is -2.42. The molecule has 3 heterocycles. The molecule has 1 saturated heterocycles. The van der Waals surface area contributed by atoms with E-state index in [0.717, 1.165) is 18.6 Å². The van der Waals surface area contributed by atoms with Crippen LogP contribution in [0.5, 0.6) is 5.75 Å². The number of fused-ring (bicyclic) bond motifs is 1. The first-order valence-corrected chi connectivity index (χ1v) is 11.2. The molecule has 2 aliphatic rings. The minimum absolute atomic E-state index is 0.0811. The van der Waals surface area contributed by atoms with Gasteiger partial charge in [-0.3, -0.25) is 9.59 Å². The van der Waals surface area contributed by atoms with Crippen LogP contribution in [0.1, 0.15) is 55.1 Å². The highest BCUT2D eigenvalue weighted by Crippen LogP contribution is 2.36. The van der Waals surface area contributed by atoms with Crippen LogP contribution in [-0.2, 0) is 7.05 Å². The summed E-state index contributed by atoms with van der Waals surface area (Å²) < 4.78 is 10.0. The summed E-state index contributed by atoms with van der Waals surface area (Å²) in [6, 6.07) is 12.0. The van der Waals surface area contributed by atoms with Gasteiger partial charge in [-0.05, 0) is 37.1 Å². The molecule has 5 rings (SSSR count). The fraction of sp³-hybridized carbons (Fsp3) is 0.458. The minimum Gasteiger partial charge on any atom is -0.490 e. The van der Waals surface area contributed by atoms with Crippen molar-refractivity contribution in [1.29, 1.82) is 0 Å². The Morgan fingerprint density at radius 2 is 1.81 bits per heavy atom. The Morgan fingerprint density at radius 3 is 2.55 bits per heavy atom. The number of ether oxygens (including phenoxy) is 1. The molecule has 0 N–H and O–H groups in total. The Bertz CT molecular complexity index is 1150. The summed E-state index contributed by atoms with van der Waals surface area (Å²) in [5.74, 6) is 0.795. The number of aromatic nitrogens is 3. The van der Waals surface area contributed by atoms with Crippen LogP contribution in [0.4, 0.5) is 0 Å². The van der Waals surface area contributed by atoms with Gasteiger partial charge in [0, 0.05) is 56.7 Å². The molecule has 0 bridgehead atoms. The molecule has 7 heteroatoms. The number of benzene rings is 1. The average Bonchev–Trinajstić information content (AvgIpc) is 3.46. The monoisotopic (exact) mass is 420 g/mol. The second kappa shape index (κ2) is 8.21. The molecule has 1 amide bonds. The van der Waals surface area contributed by atoms with E-state index >= 15 is 0 Å². The van der Waals surface area contributed by atoms with Gasteiger partial charge in [0.2, 0.25) is 0 Å². The van der Waals surface area contributed by atoms with Gasteiger partial charge in [0.15, 0.2) is 0 Å². The second-order valence-electron chi connectivity index (χ2n) is 8.64. The largest absolute Gasteiger partial charge is 0.490 e. The zero-order valence-corrected chi connectivity index (χ0v) is 17.9. The number of amides is 1. The van der Waals surface area contributed by atoms with Crippen molar-refractivity contribution < 1.29 is 9.53 Å². The molecule has 0 radical (unpaired) electrons. The number of piperidine rings is 1. The van der Waals surface area contributed by atoms with E-state index < -0.39 is 0 Å². The molecule has 0 spiro atoms. The lowest BCUT2D eigenvalue weighted by Gasteiger charge is -2.32. The van der Waals surface area contributed by atoms with Crippen molar-refractivity contribution in [1.82, 2.24) is 19.2 Å². The molecule has 0 atom stereocenters. The third kappa shape index (κ3) is 3.84. The highest BCUT2D eigenvalue weighted by molar-refractivity contribution is 5.92. The smallest absolute Gasteiger partial charge is 0.274 e. The number of hydrogen-bond donors (Lipinski definition) is 0. The molecule has 3 aromatic rings. The highest BCUT2D eigenvalue weighted by atomic mass is 16.5. The van der Waals surface area contributed by atoms with E-state index in [1.54, 1.807) is 11.9 Å². The van der Waals surface area contributed by atoms with Gasteiger partial charge in [-0.15, -0.1) is 0 Å². The van der Waals surface area contributed by atoms with Crippen LogP contribution < -0.4 is 10.3 Å². The second-order valence-corrected chi connectivity index (χ2v) is 8.64. The van der Waals surface area contributed by atoms with Crippen molar-refractivity contribution in [3.05, 3.63) is 58.6 Å². The van der Waals surface area contributed by atoms with Crippen LogP contribution in [0, 0.1) is 0 Å². The maximum atomic E-state index is 12.7. The van der Waals surface area contributed by atoms with Crippen molar-refractivity contribution >= 4 is 16.8 Å². The number of aryl methyl sites for hydroxylation is 1. The molecule has 7 nitrogen and oxygen atoms in total. The van der Waals surface area contributed by atoms with Crippen LogP contribution >= 0.6 is 0 Å². The van der Waals surface area contributed by atoms with E-state index in [1.807, 2.05) is 6.07 Å². The molecule has 1 saturated carbocycles. The van der Waals surface area contributed by atoms with Crippen molar-refractivity contribution in [3.63, 3.8) is 0 Å². The third-order valence-corrected chi connectivity index (χ3v) is 6.64. The van der Waals surface area contributed by atoms with E-state index in [4.69, 9.17) is 4.74 Å². The number of likely N-dealkylation sites (tertiary alicyclic amines) is 1. The highest BCUT2D eigenvalue weighted by Gasteiger charge is 2.26. The zero-order chi connectivity index (χ0) is 21.4. The van der Waals surface area contributed by atoms with Crippen molar-refractivity contribution in [2.45, 2.75) is 50.7 Å². The number of nitrogens with zero attached hydrogens (tertiary/aromatic N) is 4. The maximum Gasteiger partial charge on any atom is 0.274 e. The van der Waals surface area contributed by atoms with Gasteiger partial charge in [-0.25, -0.2) is 4.68 Å². The lowest BCUT2D eigenvalue weighted by molar-refractivity contribution is 0.0590. The Hall–Kier alpha value is -3.09. The summed E-state index contributed by atoms with van der Waals surface area (Å²) in [5.41, 5.74) is 1.33. The van der Waals surface area contributed by atoms with Crippen molar-refractivity contribution in [3.8, 4) is 5.75 Å². The quantitative estimate of drug-likeness (QED) is 0.647. The molecule has 1 aromatic carbocycles. The van der Waals surface area contributed by atoms with E-state index in [1.165, 1.54) is 53.4 Å². The molecular weight excluding hydrogens is 392 g/mol. The maximum absolute atomic E-state index is 12.7. The molecule has 0 unspecified atom stereocenters. The Morgan fingerprint density at radius 1 is 1.03 bits per heavy atom. The summed E-state index contributed by atoms with van der Waals surface area (Å²) in [6.45, 7) is 1.24. The Kier molecular flexibility index (Phi) is 5.26. The Labute approximate surface area is 181 Å². The summed E-state index contributed by atoms with van der Waals surface area (Å²) in [4.78, 5) is 26.0. The third-order valence-electron chi connectivity index (χ3n) is 6.64. The molecular formula is C24H28N4O3. The van der Waals surface area contributed by atoms with Crippen molar-refractivity contribution in [2.24, 2.45) is 7.05 Å². The number of rotatable bonds is 4. The van der Waals surface area contributed by atoms with Crippen molar-refractivity contribution in [2.75, 3.05) is 13.1 Å². The van der Waals surface area contributed by atoms with E-state index in [2.05, 4.69) is 34.1 Å². The summed E-state index contributed by atoms with van der Waals surface area (Å²) in [7, 11) is 1.56. The fourth-order valence-corrected chi connectivity index (χ4v) is 4.90. The van der Waals surface area contributed by atoms with Gasteiger partial charge in [-0.2, -0.15) is 5.10 Å². The van der Waals surface area contributed by atoms with Crippen LogP contribution in [0.15, 0.2) is 47.4 Å². The molecule has 2 fully saturated rings. The number of carbonyl (C=O) groups excluding carboxylic acids is 1. The summed E-state index contributed by atoms with van der Waals surface area (Å²) in [6.07, 6.45) is 8.97. The number of hydrogen-bond acceptors (Lipinski definition) is 4. The van der Waals surface area contributed by atoms with Gasteiger partial charge in [0.05, 0.1) is 5.52 Å². The Balaban J connectivity index is 1.25. The van der Waals surface area contributed by atoms with E-state index in [9.17, 15) is 9.59 Å². The molecule has 31 heavy (non-hydrogen) atoms. The van der Waals surface area contributed by atoms with Crippen LogP contribution in [0.2, 0.25) is 0 Å². The van der Waals surface area contributed by atoms with Crippen LogP contribution in [0.25, 0.3) is 10.9 Å². The summed E-state index contributed by atoms with van der Waals surface area (Å²) >= 11 is 0. The molecule has 1 aliphatic carbocycles. The fourth-order valence-electron chi connectivity index (χ4n) is 4.90. The summed E-state index contributed by atoms with van der Waals surface area (Å²) in [5, 5.41) is 5.25. The molecule has 1 aliphatic heterocycles. The van der Waals surface area contributed by atoms with Crippen LogP contribution in [-0.4, -0.2) is 44.3 Å². The SMILES string of the molecule is Cn1nc(C(=O)N2CCC(Oc3cccc4c3ccn4C3CCCC3)CC2)ccc1=O. The van der Waals surface area contributed by atoms with Gasteiger partial charge in [0.1, 0.15) is 17.5 Å². The first kappa shape index (κ1) is 19.8. The molecule has 162 valence electrons. The zero-order valence-electron chi connectivity index (χ0n) is 17.9.